The van der Waals surface area contributed by atoms with E-state index in [-0.39, 0.29) is 50.0 Å². The lowest BCUT2D eigenvalue weighted by Gasteiger charge is -2.35. The summed E-state index contributed by atoms with van der Waals surface area (Å²) in [5.74, 6) is -3.04. The lowest BCUT2D eigenvalue weighted by Crippen LogP contribution is -2.40. The molecule has 0 bridgehead atoms. The minimum absolute atomic E-state index is 0.0963. The van der Waals surface area contributed by atoms with Gasteiger partial charge in [0.2, 0.25) is 10.0 Å². The van der Waals surface area contributed by atoms with Gasteiger partial charge in [0.25, 0.3) is 11.8 Å². The molecular formula is C34H46F2N6O6S. The minimum Gasteiger partial charge on any atom is -0.489 e. The quantitative estimate of drug-likeness (QED) is 0.268. The molecule has 1 aliphatic carbocycles. The largest absolute Gasteiger partial charge is 0.489 e. The van der Waals surface area contributed by atoms with Crippen molar-refractivity contribution >= 4 is 44.9 Å². The van der Waals surface area contributed by atoms with E-state index in [2.05, 4.69) is 19.9 Å². The van der Waals surface area contributed by atoms with E-state index in [0.29, 0.717) is 47.7 Å². The van der Waals surface area contributed by atoms with E-state index in [4.69, 9.17) is 15.2 Å². The van der Waals surface area contributed by atoms with Crippen LogP contribution in [-0.2, 0) is 26.0 Å². The van der Waals surface area contributed by atoms with Gasteiger partial charge in [-0.3, -0.25) is 14.3 Å². The number of carbonyl (C=O) groups is 2. The molecule has 4 aliphatic rings. The van der Waals surface area contributed by atoms with Crippen LogP contribution in [0, 0.1) is 11.3 Å². The Morgan fingerprint density at radius 2 is 1.76 bits per heavy atom. The van der Waals surface area contributed by atoms with Crippen molar-refractivity contribution in [3.8, 4) is 5.75 Å². The van der Waals surface area contributed by atoms with Crippen molar-refractivity contribution in [3.63, 3.8) is 0 Å². The number of alkyl halides is 2. The number of hydrogen-bond acceptors (Lipinski definition) is 10. The number of piperidine rings is 2. The number of pyridine rings is 1. The molecule has 15 heteroatoms. The van der Waals surface area contributed by atoms with Crippen molar-refractivity contribution in [1.82, 2.24) is 4.98 Å². The van der Waals surface area contributed by atoms with Gasteiger partial charge in [-0.25, -0.2) is 22.2 Å². The third-order valence-electron chi connectivity index (χ3n) is 10.4. The molecule has 0 radical (unpaired) electrons. The number of hydrogen-bond donors (Lipinski definition) is 3. The summed E-state index contributed by atoms with van der Waals surface area (Å²) in [6.07, 6.45) is 5.10. The van der Waals surface area contributed by atoms with Gasteiger partial charge in [0.1, 0.15) is 24.2 Å². The van der Waals surface area contributed by atoms with E-state index in [1.54, 1.807) is 23.1 Å². The van der Waals surface area contributed by atoms with Crippen LogP contribution in [0.3, 0.4) is 0 Å². The van der Waals surface area contributed by atoms with Crippen LogP contribution >= 0.6 is 0 Å². The molecule has 2 saturated heterocycles. The van der Waals surface area contributed by atoms with Gasteiger partial charge in [0.05, 0.1) is 23.5 Å². The summed E-state index contributed by atoms with van der Waals surface area (Å²) in [6.45, 7) is 5.52. The third kappa shape index (κ3) is 8.19. The zero-order chi connectivity index (χ0) is 35.0. The van der Waals surface area contributed by atoms with Crippen molar-refractivity contribution < 1.29 is 36.3 Å². The first kappa shape index (κ1) is 35.1. The lowest BCUT2D eigenvalue weighted by molar-refractivity contribution is -0.145. The Labute approximate surface area is 286 Å². The Kier molecular flexibility index (Phi) is 9.95. The fraction of sp³-hybridized carbons (Fsp3) is 0.618. The monoisotopic (exact) mass is 704 g/mol. The number of halogens is 2. The topological polar surface area (TPSA) is 156 Å². The fourth-order valence-electron chi connectivity index (χ4n) is 6.70. The van der Waals surface area contributed by atoms with Gasteiger partial charge in [0, 0.05) is 51.0 Å². The van der Waals surface area contributed by atoms with E-state index >= 15 is 0 Å². The predicted molar refractivity (Wildman–Crippen MR) is 183 cm³/mol. The highest BCUT2D eigenvalue weighted by atomic mass is 32.2. The molecule has 4 N–H and O–H groups in total. The maximum absolute atomic E-state index is 13.9. The molecule has 1 amide bonds. The summed E-state index contributed by atoms with van der Waals surface area (Å²) in [5, 5.41) is 2.91. The molecule has 6 rings (SSSR count). The number of sulfonamides is 1. The first-order chi connectivity index (χ1) is 23.3. The van der Waals surface area contributed by atoms with E-state index in [1.807, 2.05) is 13.8 Å². The lowest BCUT2D eigenvalue weighted by atomic mass is 9.93. The Morgan fingerprint density at radius 1 is 1.06 bits per heavy atom. The molecular weight excluding hydrogens is 658 g/mol. The van der Waals surface area contributed by atoms with Crippen LogP contribution in [0.2, 0.25) is 0 Å². The highest BCUT2D eigenvalue weighted by Gasteiger charge is 2.45. The SMILES string of the molecule is CCC(C)[C@H](N)C(=O)OCCS(=O)(=O)Nc1ccc(C(=O)Nc2cc3c(c(N4CCC(F)(F)CC4)n2)OCC3)c(N2CCC3(CC2)CC3)c1. The molecule has 1 saturated carbocycles. The normalized spacial score (nSPS) is 20.6. The highest BCUT2D eigenvalue weighted by molar-refractivity contribution is 7.92. The number of nitrogens with two attached hydrogens (primary N) is 1. The predicted octanol–water partition coefficient (Wildman–Crippen LogP) is 4.54. The molecule has 268 valence electrons. The Balaban J connectivity index is 1.19. The smallest absolute Gasteiger partial charge is 0.323 e. The van der Waals surface area contributed by atoms with E-state index in [1.165, 1.54) is 18.9 Å². The number of aromatic nitrogens is 1. The second-order valence-corrected chi connectivity index (χ2v) is 15.8. The summed E-state index contributed by atoms with van der Waals surface area (Å²) in [6, 6.07) is 5.69. The van der Waals surface area contributed by atoms with Gasteiger partial charge in [-0.15, -0.1) is 0 Å². The second kappa shape index (κ2) is 13.9. The van der Waals surface area contributed by atoms with Gasteiger partial charge in [-0.1, -0.05) is 20.3 Å². The summed E-state index contributed by atoms with van der Waals surface area (Å²) in [7, 11) is -3.91. The molecule has 1 unspecified atom stereocenters. The Hall–Kier alpha value is -3.72. The zero-order valence-corrected chi connectivity index (χ0v) is 28.9. The number of anilines is 4. The van der Waals surface area contributed by atoms with E-state index in [9.17, 15) is 26.8 Å². The number of nitrogens with zero attached hydrogens (tertiary/aromatic N) is 3. The minimum atomic E-state index is -3.91. The molecule has 3 aliphatic heterocycles. The molecule has 4 heterocycles. The molecule has 12 nitrogen and oxygen atoms in total. The number of benzene rings is 1. The van der Waals surface area contributed by atoms with Crippen LogP contribution in [-0.4, -0.2) is 82.4 Å². The van der Waals surface area contributed by atoms with Crippen molar-refractivity contribution in [2.45, 2.75) is 77.2 Å². The van der Waals surface area contributed by atoms with Crippen molar-refractivity contribution in [2.75, 3.05) is 65.0 Å². The highest BCUT2D eigenvalue weighted by Crippen LogP contribution is 2.54. The summed E-state index contributed by atoms with van der Waals surface area (Å²) >= 11 is 0. The van der Waals surface area contributed by atoms with Crippen LogP contribution < -0.4 is 30.3 Å². The van der Waals surface area contributed by atoms with Crippen LogP contribution in [0.5, 0.6) is 5.75 Å². The standard InChI is InChI=1S/C34H46F2N6O6S/c1-3-22(2)28(37)32(44)48-18-19-49(45,46)40-24-4-5-25(26(21-24)41-13-9-33(7-8-33)10-14-41)31(43)39-27-20-23-6-17-47-29(23)30(38-27)42-15-11-34(35,36)12-16-42/h4-5,20-22,28,40H,3,6-19,37H2,1-2H3,(H,38,39,43)/t22?,28-/m0/s1. The Morgan fingerprint density at radius 3 is 2.43 bits per heavy atom. The molecule has 49 heavy (non-hydrogen) atoms. The summed E-state index contributed by atoms with van der Waals surface area (Å²) < 4.78 is 67.3. The summed E-state index contributed by atoms with van der Waals surface area (Å²) in [4.78, 5) is 34.7. The number of nitrogens with one attached hydrogen (secondary N) is 2. The van der Waals surface area contributed by atoms with Crippen LogP contribution in [0.4, 0.5) is 31.8 Å². The number of fused-ring (bicyclic) bond motifs is 1. The number of carbonyl (C=O) groups excluding carboxylic acids is 2. The number of amides is 1. The van der Waals surface area contributed by atoms with Crippen LogP contribution in [0.1, 0.15) is 74.7 Å². The van der Waals surface area contributed by atoms with Crippen molar-refractivity contribution in [1.29, 1.82) is 0 Å². The first-order valence-corrected chi connectivity index (χ1v) is 18.8. The van der Waals surface area contributed by atoms with E-state index in [0.717, 1.165) is 31.5 Å². The average Bonchev–Trinajstić information content (AvgIpc) is 3.64. The molecule has 1 spiro atoms. The maximum Gasteiger partial charge on any atom is 0.323 e. The molecule has 1 aromatic heterocycles. The fourth-order valence-corrected chi connectivity index (χ4v) is 7.59. The summed E-state index contributed by atoms with van der Waals surface area (Å²) in [5.41, 5.74) is 8.33. The van der Waals surface area contributed by atoms with Gasteiger partial charge in [0.15, 0.2) is 11.6 Å². The molecule has 1 aromatic carbocycles. The number of ether oxygens (including phenoxy) is 2. The first-order valence-electron chi connectivity index (χ1n) is 17.2. The van der Waals surface area contributed by atoms with Gasteiger partial charge >= 0.3 is 5.97 Å². The van der Waals surface area contributed by atoms with Gasteiger partial charge in [-0.05, 0) is 61.3 Å². The second-order valence-electron chi connectivity index (χ2n) is 13.9. The van der Waals surface area contributed by atoms with Gasteiger partial charge < -0.3 is 30.3 Å². The van der Waals surface area contributed by atoms with Crippen molar-refractivity contribution in [2.24, 2.45) is 17.1 Å². The Bertz CT molecular complexity index is 1670. The van der Waals surface area contributed by atoms with Crippen molar-refractivity contribution in [3.05, 3.63) is 35.4 Å². The number of esters is 1. The van der Waals surface area contributed by atoms with Crippen LogP contribution in [0.15, 0.2) is 24.3 Å². The number of rotatable bonds is 12. The zero-order valence-electron chi connectivity index (χ0n) is 28.1. The molecule has 2 atom stereocenters. The van der Waals surface area contributed by atoms with E-state index < -0.39 is 39.6 Å². The molecule has 3 fully saturated rings. The molecule has 2 aromatic rings. The third-order valence-corrected chi connectivity index (χ3v) is 11.7. The van der Waals surface area contributed by atoms with Crippen LogP contribution in [0.25, 0.3) is 0 Å². The average molecular weight is 705 g/mol. The maximum atomic E-state index is 13.9. The van der Waals surface area contributed by atoms with Gasteiger partial charge in [-0.2, -0.15) is 0 Å².